The summed E-state index contributed by atoms with van der Waals surface area (Å²) in [5.41, 5.74) is 8.58. The number of aromatic amines is 3. The highest BCUT2D eigenvalue weighted by atomic mass is 16.5. The summed E-state index contributed by atoms with van der Waals surface area (Å²) >= 11 is 0. The third-order valence-electron chi connectivity index (χ3n) is 7.98. The summed E-state index contributed by atoms with van der Waals surface area (Å²) in [6.45, 7) is 0. The predicted octanol–water partition coefficient (Wildman–Crippen LogP) is 8.49. The SMILES string of the molecule is COc1ccccc1C(CC(c1c[nH]c2ccccc12)c1c[nH]c2ccccc12)c1c[nH]c2ccccc12. The Morgan fingerprint density at radius 2 is 0.895 bits per heavy atom. The van der Waals surface area contributed by atoms with Gasteiger partial charge in [-0.25, -0.2) is 0 Å². The molecule has 3 heterocycles. The minimum absolute atomic E-state index is 0.106. The van der Waals surface area contributed by atoms with E-state index in [9.17, 15) is 0 Å². The number of hydrogen-bond donors (Lipinski definition) is 3. The topological polar surface area (TPSA) is 56.6 Å². The van der Waals surface area contributed by atoms with Gasteiger partial charge in [0, 0.05) is 68.7 Å². The minimum atomic E-state index is 0.106. The van der Waals surface area contributed by atoms with Gasteiger partial charge >= 0.3 is 0 Å². The molecule has 0 amide bonds. The molecule has 7 aromatic rings. The first kappa shape index (κ1) is 22.5. The van der Waals surface area contributed by atoms with Gasteiger partial charge in [-0.1, -0.05) is 72.8 Å². The Hall–Kier alpha value is -4.70. The van der Waals surface area contributed by atoms with Crippen LogP contribution in [0.2, 0.25) is 0 Å². The van der Waals surface area contributed by atoms with Crippen molar-refractivity contribution in [2.75, 3.05) is 7.11 Å². The van der Waals surface area contributed by atoms with Crippen molar-refractivity contribution in [2.24, 2.45) is 0 Å². The summed E-state index contributed by atoms with van der Waals surface area (Å²) in [6, 6.07) is 34.2. The molecule has 4 nitrogen and oxygen atoms in total. The van der Waals surface area contributed by atoms with Crippen molar-refractivity contribution in [3.8, 4) is 5.75 Å². The number of hydrogen-bond acceptors (Lipinski definition) is 1. The van der Waals surface area contributed by atoms with Gasteiger partial charge in [0.05, 0.1) is 7.11 Å². The molecule has 7 rings (SSSR count). The molecular weight excluding hydrogens is 466 g/mol. The van der Waals surface area contributed by atoms with Crippen LogP contribution in [0.5, 0.6) is 5.75 Å². The van der Waals surface area contributed by atoms with Crippen LogP contribution < -0.4 is 4.74 Å². The Bertz CT molecular complexity index is 1800. The molecule has 0 saturated carbocycles. The third kappa shape index (κ3) is 3.69. The van der Waals surface area contributed by atoms with Crippen molar-refractivity contribution in [3.05, 3.63) is 138 Å². The zero-order valence-corrected chi connectivity index (χ0v) is 21.2. The summed E-state index contributed by atoms with van der Waals surface area (Å²) in [4.78, 5) is 10.6. The Morgan fingerprint density at radius 1 is 0.500 bits per heavy atom. The monoisotopic (exact) mass is 495 g/mol. The van der Waals surface area contributed by atoms with Gasteiger partial charge in [-0.15, -0.1) is 0 Å². The van der Waals surface area contributed by atoms with E-state index in [0.29, 0.717) is 0 Å². The quantitative estimate of drug-likeness (QED) is 0.204. The van der Waals surface area contributed by atoms with Crippen LogP contribution in [0.15, 0.2) is 116 Å². The van der Waals surface area contributed by atoms with Crippen LogP contribution in [0.1, 0.15) is 40.5 Å². The maximum atomic E-state index is 5.92. The van der Waals surface area contributed by atoms with Crippen LogP contribution in [0.25, 0.3) is 32.7 Å². The summed E-state index contributed by atoms with van der Waals surface area (Å²) < 4.78 is 5.92. The Labute approximate surface area is 221 Å². The first-order valence-corrected chi connectivity index (χ1v) is 13.1. The summed E-state index contributed by atoms with van der Waals surface area (Å²) in [7, 11) is 1.77. The first-order chi connectivity index (χ1) is 18.8. The molecule has 0 fully saturated rings. The van der Waals surface area contributed by atoms with Crippen LogP contribution in [0.3, 0.4) is 0 Å². The largest absolute Gasteiger partial charge is 0.496 e. The van der Waals surface area contributed by atoms with E-state index in [0.717, 1.165) is 28.7 Å². The molecule has 186 valence electrons. The van der Waals surface area contributed by atoms with Crippen molar-refractivity contribution >= 4 is 32.7 Å². The van der Waals surface area contributed by atoms with Crippen LogP contribution >= 0.6 is 0 Å². The standard InChI is InChI=1S/C34H29N3O/c1-38-34-17-9-5-13-25(34)26(28-19-35-31-14-6-2-10-22(28)31)18-27(29-20-36-32-15-7-3-11-23(29)32)30-21-37-33-16-8-4-12-24(30)33/h2-17,19-21,26-27,35-37H,18H2,1H3. The summed E-state index contributed by atoms with van der Waals surface area (Å²) in [5.74, 6) is 1.17. The average molecular weight is 496 g/mol. The Morgan fingerprint density at radius 3 is 1.37 bits per heavy atom. The molecule has 0 bridgehead atoms. The van der Waals surface area contributed by atoms with Crippen molar-refractivity contribution in [1.82, 2.24) is 15.0 Å². The van der Waals surface area contributed by atoms with Gasteiger partial charge in [0.25, 0.3) is 0 Å². The fourth-order valence-corrected chi connectivity index (χ4v) is 6.18. The minimum Gasteiger partial charge on any atom is -0.496 e. The lowest BCUT2D eigenvalue weighted by molar-refractivity contribution is 0.406. The maximum Gasteiger partial charge on any atom is 0.122 e. The van der Waals surface area contributed by atoms with E-state index in [4.69, 9.17) is 4.74 Å². The molecule has 0 spiro atoms. The molecule has 0 aliphatic heterocycles. The highest BCUT2D eigenvalue weighted by Gasteiger charge is 2.29. The molecule has 4 heteroatoms. The van der Waals surface area contributed by atoms with E-state index in [1.807, 2.05) is 6.07 Å². The molecule has 0 saturated heterocycles. The van der Waals surface area contributed by atoms with Gasteiger partial charge in [0.1, 0.15) is 5.75 Å². The van der Waals surface area contributed by atoms with Crippen LogP contribution in [-0.4, -0.2) is 22.1 Å². The van der Waals surface area contributed by atoms with E-state index in [2.05, 4.69) is 125 Å². The second-order valence-electron chi connectivity index (χ2n) is 9.95. The number of fused-ring (bicyclic) bond motifs is 3. The van der Waals surface area contributed by atoms with Gasteiger partial charge in [-0.05, 0) is 47.4 Å². The van der Waals surface area contributed by atoms with Crippen molar-refractivity contribution in [2.45, 2.75) is 18.3 Å². The molecule has 0 aliphatic rings. The van der Waals surface area contributed by atoms with E-state index in [1.165, 1.54) is 38.4 Å². The third-order valence-corrected chi connectivity index (χ3v) is 7.98. The zero-order chi connectivity index (χ0) is 25.5. The molecule has 3 aromatic heterocycles. The fraction of sp³-hybridized carbons (Fsp3) is 0.118. The van der Waals surface area contributed by atoms with Crippen LogP contribution in [0.4, 0.5) is 0 Å². The van der Waals surface area contributed by atoms with E-state index in [-0.39, 0.29) is 11.8 Å². The number of ether oxygens (including phenoxy) is 1. The molecule has 0 radical (unpaired) electrons. The zero-order valence-electron chi connectivity index (χ0n) is 21.2. The number of benzene rings is 4. The number of nitrogens with one attached hydrogen (secondary N) is 3. The predicted molar refractivity (Wildman–Crippen MR) is 156 cm³/mol. The maximum absolute atomic E-state index is 5.92. The first-order valence-electron chi connectivity index (χ1n) is 13.1. The second-order valence-corrected chi connectivity index (χ2v) is 9.95. The number of para-hydroxylation sites is 4. The van der Waals surface area contributed by atoms with Crippen LogP contribution in [-0.2, 0) is 0 Å². The molecular formula is C34H29N3O. The smallest absolute Gasteiger partial charge is 0.122 e. The van der Waals surface area contributed by atoms with E-state index < -0.39 is 0 Å². The Balaban J connectivity index is 1.46. The van der Waals surface area contributed by atoms with Crippen molar-refractivity contribution in [3.63, 3.8) is 0 Å². The van der Waals surface area contributed by atoms with Gasteiger partial charge in [-0.2, -0.15) is 0 Å². The van der Waals surface area contributed by atoms with E-state index in [1.54, 1.807) is 7.11 Å². The average Bonchev–Trinajstić information content (AvgIpc) is 3.71. The molecule has 3 N–H and O–H groups in total. The number of H-pyrrole nitrogens is 3. The van der Waals surface area contributed by atoms with Crippen molar-refractivity contribution in [1.29, 1.82) is 0 Å². The number of aromatic nitrogens is 3. The normalized spacial score (nSPS) is 12.6. The van der Waals surface area contributed by atoms with Crippen molar-refractivity contribution < 1.29 is 4.74 Å². The number of rotatable bonds is 7. The summed E-state index contributed by atoms with van der Waals surface area (Å²) in [6.07, 6.45) is 7.46. The van der Waals surface area contributed by atoms with Gasteiger partial charge < -0.3 is 19.7 Å². The molecule has 0 aliphatic carbocycles. The second kappa shape index (κ2) is 9.31. The lowest BCUT2D eigenvalue weighted by Crippen LogP contribution is -2.10. The van der Waals surface area contributed by atoms with E-state index >= 15 is 0 Å². The Kier molecular flexibility index (Phi) is 5.51. The summed E-state index contributed by atoms with van der Waals surface area (Å²) in [5, 5.41) is 3.78. The molecule has 1 unspecified atom stereocenters. The fourth-order valence-electron chi connectivity index (χ4n) is 6.18. The highest BCUT2D eigenvalue weighted by Crippen LogP contribution is 2.46. The van der Waals surface area contributed by atoms with Crippen LogP contribution in [0, 0.1) is 0 Å². The highest BCUT2D eigenvalue weighted by molar-refractivity contribution is 5.88. The van der Waals surface area contributed by atoms with Gasteiger partial charge in [0.15, 0.2) is 0 Å². The van der Waals surface area contributed by atoms with Gasteiger partial charge in [-0.3, -0.25) is 0 Å². The molecule has 38 heavy (non-hydrogen) atoms. The molecule has 4 aromatic carbocycles. The molecule has 1 atom stereocenters. The number of methoxy groups -OCH3 is 1. The lowest BCUT2D eigenvalue weighted by atomic mass is 9.78. The van der Waals surface area contributed by atoms with Gasteiger partial charge in [0.2, 0.25) is 0 Å². The lowest BCUT2D eigenvalue weighted by Gasteiger charge is -2.26.